The first kappa shape index (κ1) is 17.1. The Labute approximate surface area is 146 Å². The van der Waals surface area contributed by atoms with Crippen LogP contribution in [0.3, 0.4) is 0 Å². The molecule has 2 aromatic carbocycles. The second-order valence-corrected chi connectivity index (χ2v) is 5.80. The van der Waals surface area contributed by atoms with Crippen LogP contribution in [0.25, 0.3) is 0 Å². The van der Waals surface area contributed by atoms with Crippen LogP contribution in [0, 0.1) is 0 Å². The standard InChI is InChI=1S/C19H20N2O4/c1-13-12-24-18(20-16(22)14-8-4-2-5-9-14)19(25-13)21-17(23)15-10-6-3-7-11-15/h2-11,13,18-19H,12H2,1H3,(H,20,22)(H,21,23)/t13-,18-,19+/m1/s1. The average molecular weight is 340 g/mol. The van der Waals surface area contributed by atoms with Crippen molar-refractivity contribution in [1.29, 1.82) is 0 Å². The molecule has 2 N–H and O–H groups in total. The maximum Gasteiger partial charge on any atom is 0.253 e. The molecule has 6 nitrogen and oxygen atoms in total. The Morgan fingerprint density at radius 2 is 1.32 bits per heavy atom. The van der Waals surface area contributed by atoms with Crippen LogP contribution in [0.15, 0.2) is 60.7 Å². The molecule has 25 heavy (non-hydrogen) atoms. The van der Waals surface area contributed by atoms with Crippen LogP contribution in [0.4, 0.5) is 0 Å². The van der Waals surface area contributed by atoms with E-state index in [1.165, 1.54) is 0 Å². The van der Waals surface area contributed by atoms with Crippen LogP contribution in [0.5, 0.6) is 0 Å². The van der Waals surface area contributed by atoms with Gasteiger partial charge in [0.2, 0.25) is 0 Å². The summed E-state index contributed by atoms with van der Waals surface area (Å²) in [5, 5.41) is 5.53. The Kier molecular flexibility index (Phi) is 5.42. The molecule has 0 aromatic heterocycles. The zero-order valence-electron chi connectivity index (χ0n) is 13.8. The number of amides is 2. The number of hydrogen-bond acceptors (Lipinski definition) is 4. The van der Waals surface area contributed by atoms with E-state index in [0.717, 1.165) is 0 Å². The van der Waals surface area contributed by atoms with Crippen LogP contribution >= 0.6 is 0 Å². The third-order valence-electron chi connectivity index (χ3n) is 3.78. The van der Waals surface area contributed by atoms with Crippen molar-refractivity contribution in [3.8, 4) is 0 Å². The van der Waals surface area contributed by atoms with Gasteiger partial charge in [0, 0.05) is 11.1 Å². The topological polar surface area (TPSA) is 76.7 Å². The first-order valence-electron chi connectivity index (χ1n) is 8.12. The van der Waals surface area contributed by atoms with Crippen molar-refractivity contribution < 1.29 is 19.1 Å². The number of carbonyl (C=O) groups is 2. The van der Waals surface area contributed by atoms with Crippen molar-refractivity contribution in [1.82, 2.24) is 10.6 Å². The molecule has 0 radical (unpaired) electrons. The van der Waals surface area contributed by atoms with Gasteiger partial charge < -0.3 is 20.1 Å². The van der Waals surface area contributed by atoms with Crippen molar-refractivity contribution in [2.75, 3.05) is 6.61 Å². The van der Waals surface area contributed by atoms with Gasteiger partial charge >= 0.3 is 0 Å². The van der Waals surface area contributed by atoms with E-state index in [1.54, 1.807) is 48.5 Å². The highest BCUT2D eigenvalue weighted by Crippen LogP contribution is 2.13. The molecular weight excluding hydrogens is 320 g/mol. The summed E-state index contributed by atoms with van der Waals surface area (Å²) >= 11 is 0. The van der Waals surface area contributed by atoms with Crippen LogP contribution in [0.2, 0.25) is 0 Å². The van der Waals surface area contributed by atoms with Crippen LogP contribution in [-0.2, 0) is 9.47 Å². The van der Waals surface area contributed by atoms with Crippen LogP contribution in [0.1, 0.15) is 27.6 Å². The van der Waals surface area contributed by atoms with Gasteiger partial charge in [0.25, 0.3) is 11.8 Å². The molecule has 130 valence electrons. The van der Waals surface area contributed by atoms with E-state index in [4.69, 9.17) is 9.47 Å². The Hall–Kier alpha value is -2.70. The van der Waals surface area contributed by atoms with Gasteiger partial charge in [-0.05, 0) is 31.2 Å². The molecule has 0 unspecified atom stereocenters. The van der Waals surface area contributed by atoms with E-state index in [2.05, 4.69) is 10.6 Å². The van der Waals surface area contributed by atoms with Gasteiger partial charge in [-0.25, -0.2) is 0 Å². The molecule has 1 aliphatic rings. The normalized spacial score (nSPS) is 22.8. The number of benzene rings is 2. The zero-order chi connectivity index (χ0) is 17.6. The SMILES string of the molecule is C[C@@H]1CO[C@@H](NC(=O)c2ccccc2)[C@@H](NC(=O)c2ccccc2)O1. The molecule has 2 aromatic rings. The van der Waals surface area contributed by atoms with E-state index in [9.17, 15) is 9.59 Å². The van der Waals surface area contributed by atoms with Crippen molar-refractivity contribution in [2.45, 2.75) is 25.5 Å². The highest BCUT2D eigenvalue weighted by molar-refractivity contribution is 5.95. The van der Waals surface area contributed by atoms with E-state index in [1.807, 2.05) is 19.1 Å². The molecule has 6 heteroatoms. The molecule has 0 aliphatic carbocycles. The van der Waals surface area contributed by atoms with Gasteiger partial charge in [0.1, 0.15) is 0 Å². The van der Waals surface area contributed by atoms with E-state index in [0.29, 0.717) is 17.7 Å². The van der Waals surface area contributed by atoms with E-state index < -0.39 is 12.5 Å². The van der Waals surface area contributed by atoms with Gasteiger partial charge in [0.05, 0.1) is 12.7 Å². The van der Waals surface area contributed by atoms with E-state index >= 15 is 0 Å². The zero-order valence-corrected chi connectivity index (χ0v) is 13.8. The molecule has 0 spiro atoms. The highest BCUT2D eigenvalue weighted by atomic mass is 16.6. The first-order chi connectivity index (χ1) is 12.1. The summed E-state index contributed by atoms with van der Waals surface area (Å²) < 4.78 is 11.4. The maximum atomic E-state index is 12.4. The van der Waals surface area contributed by atoms with Crippen LogP contribution in [-0.4, -0.2) is 37.0 Å². The van der Waals surface area contributed by atoms with Gasteiger partial charge in [-0.3, -0.25) is 9.59 Å². The smallest absolute Gasteiger partial charge is 0.253 e. The summed E-state index contributed by atoms with van der Waals surface area (Å²) in [4.78, 5) is 24.7. The van der Waals surface area contributed by atoms with Gasteiger partial charge in [-0.1, -0.05) is 36.4 Å². The second kappa shape index (κ2) is 7.92. The lowest BCUT2D eigenvalue weighted by molar-refractivity contribution is -0.187. The minimum absolute atomic E-state index is 0.189. The number of ether oxygens (including phenoxy) is 2. The minimum Gasteiger partial charge on any atom is -0.351 e. The third-order valence-corrected chi connectivity index (χ3v) is 3.78. The molecule has 1 fully saturated rings. The minimum atomic E-state index is -0.774. The summed E-state index contributed by atoms with van der Waals surface area (Å²) in [5.41, 5.74) is 1.02. The molecule has 1 saturated heterocycles. The van der Waals surface area contributed by atoms with E-state index in [-0.39, 0.29) is 17.9 Å². The van der Waals surface area contributed by atoms with Gasteiger partial charge in [-0.15, -0.1) is 0 Å². The molecular formula is C19H20N2O4. The molecule has 0 bridgehead atoms. The fourth-order valence-corrected chi connectivity index (χ4v) is 2.52. The van der Waals surface area contributed by atoms with Crippen LogP contribution < -0.4 is 10.6 Å². The first-order valence-corrected chi connectivity index (χ1v) is 8.12. The Morgan fingerprint density at radius 1 is 0.840 bits per heavy atom. The summed E-state index contributed by atoms with van der Waals surface area (Å²) in [7, 11) is 0. The molecule has 1 heterocycles. The predicted molar refractivity (Wildman–Crippen MR) is 91.9 cm³/mol. The second-order valence-electron chi connectivity index (χ2n) is 5.80. The molecule has 2 amide bonds. The fraction of sp³-hybridized carbons (Fsp3) is 0.263. The van der Waals surface area contributed by atoms with Gasteiger partial charge in [-0.2, -0.15) is 0 Å². The maximum absolute atomic E-state index is 12.4. The summed E-state index contributed by atoms with van der Waals surface area (Å²) in [6.45, 7) is 2.17. The Morgan fingerprint density at radius 3 is 1.84 bits per heavy atom. The number of nitrogens with one attached hydrogen (secondary N) is 2. The Balaban J connectivity index is 1.68. The quantitative estimate of drug-likeness (QED) is 0.892. The van der Waals surface area contributed by atoms with Crippen molar-refractivity contribution in [3.63, 3.8) is 0 Å². The molecule has 0 saturated carbocycles. The lowest BCUT2D eigenvalue weighted by Crippen LogP contribution is -2.58. The van der Waals surface area contributed by atoms with Gasteiger partial charge in [0.15, 0.2) is 12.5 Å². The largest absolute Gasteiger partial charge is 0.351 e. The van der Waals surface area contributed by atoms with Crippen molar-refractivity contribution >= 4 is 11.8 Å². The third kappa shape index (κ3) is 4.43. The number of carbonyl (C=O) groups excluding carboxylic acids is 2. The molecule has 1 aliphatic heterocycles. The lowest BCUT2D eigenvalue weighted by atomic mass is 10.2. The summed E-state index contributed by atoms with van der Waals surface area (Å²) in [5.74, 6) is -0.579. The van der Waals surface area contributed by atoms with Crippen molar-refractivity contribution in [3.05, 3.63) is 71.8 Å². The monoisotopic (exact) mass is 340 g/mol. The molecule has 3 rings (SSSR count). The fourth-order valence-electron chi connectivity index (χ4n) is 2.52. The average Bonchev–Trinajstić information content (AvgIpc) is 2.65. The predicted octanol–water partition coefficient (Wildman–Crippen LogP) is 1.93. The number of hydrogen-bond donors (Lipinski definition) is 2. The summed E-state index contributed by atoms with van der Waals surface area (Å²) in [6, 6.07) is 17.6. The lowest BCUT2D eigenvalue weighted by Gasteiger charge is -2.35. The summed E-state index contributed by atoms with van der Waals surface area (Å²) in [6.07, 6.45) is -1.73. The Bertz CT molecular complexity index is 721. The van der Waals surface area contributed by atoms with Crippen molar-refractivity contribution in [2.24, 2.45) is 0 Å². The highest BCUT2D eigenvalue weighted by Gasteiger charge is 2.33. The molecule has 3 atom stereocenters. The number of rotatable bonds is 4.